The fraction of sp³-hybridized carbons (Fsp3) is 0.556. The van der Waals surface area contributed by atoms with Crippen molar-refractivity contribution >= 4 is 24.2 Å². The van der Waals surface area contributed by atoms with Crippen molar-refractivity contribution in [1.29, 1.82) is 0 Å². The molecule has 0 aromatic heterocycles. The van der Waals surface area contributed by atoms with Crippen LogP contribution in [-0.4, -0.2) is 36.3 Å². The molecule has 1 aliphatic rings. The highest BCUT2D eigenvalue weighted by molar-refractivity contribution is 5.85. The van der Waals surface area contributed by atoms with Crippen molar-refractivity contribution in [3.05, 3.63) is 35.9 Å². The molecular formula is C18H28ClN3O2. The Morgan fingerprint density at radius 2 is 1.96 bits per heavy atom. The largest absolute Gasteiger partial charge is 0.356 e. The molecule has 0 spiro atoms. The monoisotopic (exact) mass is 353 g/mol. The van der Waals surface area contributed by atoms with Gasteiger partial charge in [0.15, 0.2) is 0 Å². The van der Waals surface area contributed by atoms with Gasteiger partial charge >= 0.3 is 0 Å². The number of nitrogens with two attached hydrogens (primary N) is 1. The molecule has 3 N–H and O–H groups in total. The lowest BCUT2D eigenvalue weighted by atomic mass is 9.96. The van der Waals surface area contributed by atoms with Gasteiger partial charge in [-0.3, -0.25) is 9.59 Å². The molecule has 2 amide bonds. The molecule has 0 aliphatic carbocycles. The van der Waals surface area contributed by atoms with Crippen LogP contribution in [-0.2, 0) is 9.59 Å². The summed E-state index contributed by atoms with van der Waals surface area (Å²) in [4.78, 5) is 26.1. The van der Waals surface area contributed by atoms with Crippen molar-refractivity contribution in [3.63, 3.8) is 0 Å². The van der Waals surface area contributed by atoms with Crippen LogP contribution in [0.1, 0.15) is 38.3 Å². The second-order valence-electron chi connectivity index (χ2n) is 6.58. The fourth-order valence-corrected chi connectivity index (χ4v) is 2.88. The molecule has 24 heavy (non-hydrogen) atoms. The van der Waals surface area contributed by atoms with Crippen molar-refractivity contribution < 1.29 is 9.59 Å². The highest BCUT2D eigenvalue weighted by atomic mass is 35.5. The van der Waals surface area contributed by atoms with E-state index < -0.39 is 6.04 Å². The van der Waals surface area contributed by atoms with Crippen LogP contribution < -0.4 is 11.1 Å². The Kier molecular flexibility index (Phi) is 8.22. The van der Waals surface area contributed by atoms with E-state index in [1.165, 1.54) is 0 Å². The molecule has 1 aliphatic heterocycles. The number of carbonyl (C=O) groups is 2. The van der Waals surface area contributed by atoms with Crippen molar-refractivity contribution in [2.45, 2.75) is 32.7 Å². The first-order chi connectivity index (χ1) is 11.0. The number of amides is 2. The summed E-state index contributed by atoms with van der Waals surface area (Å²) in [5.74, 6) is 0.326. The predicted octanol–water partition coefficient (Wildman–Crippen LogP) is 2.12. The summed E-state index contributed by atoms with van der Waals surface area (Å²) < 4.78 is 0. The summed E-state index contributed by atoms with van der Waals surface area (Å²) in [6, 6.07) is 8.85. The Morgan fingerprint density at radius 1 is 1.29 bits per heavy atom. The van der Waals surface area contributed by atoms with Gasteiger partial charge in [-0.05, 0) is 24.3 Å². The number of nitrogens with one attached hydrogen (secondary N) is 1. The second-order valence-corrected chi connectivity index (χ2v) is 6.58. The third kappa shape index (κ3) is 5.49. The Labute approximate surface area is 150 Å². The van der Waals surface area contributed by atoms with E-state index in [-0.39, 0.29) is 30.1 Å². The standard InChI is InChI=1S/C18H27N3O2.ClH/c1-13(2)17(22)20-11-14-7-6-10-21(12-14)18(23)16(19)15-8-4-3-5-9-15;/h3-5,8-9,13-14,16H,6-7,10-12,19H2,1-2H3,(H,20,22);1H. The molecule has 0 radical (unpaired) electrons. The van der Waals surface area contributed by atoms with Gasteiger partial charge in [-0.15, -0.1) is 12.4 Å². The number of carbonyl (C=O) groups excluding carboxylic acids is 2. The van der Waals surface area contributed by atoms with Crippen molar-refractivity contribution in [1.82, 2.24) is 10.2 Å². The van der Waals surface area contributed by atoms with Crippen LogP contribution >= 0.6 is 12.4 Å². The molecule has 6 heteroatoms. The minimum Gasteiger partial charge on any atom is -0.356 e. The topological polar surface area (TPSA) is 75.4 Å². The smallest absolute Gasteiger partial charge is 0.244 e. The fourth-order valence-electron chi connectivity index (χ4n) is 2.88. The molecule has 2 unspecified atom stereocenters. The van der Waals surface area contributed by atoms with Crippen LogP contribution in [0.15, 0.2) is 30.3 Å². The van der Waals surface area contributed by atoms with E-state index in [9.17, 15) is 9.59 Å². The number of halogens is 1. The van der Waals surface area contributed by atoms with Crippen molar-refractivity contribution in [2.75, 3.05) is 19.6 Å². The lowest BCUT2D eigenvalue weighted by Crippen LogP contribution is -2.47. The zero-order chi connectivity index (χ0) is 16.8. The normalized spacial score (nSPS) is 18.7. The summed E-state index contributed by atoms with van der Waals surface area (Å²) in [5, 5.41) is 2.96. The van der Waals surface area contributed by atoms with E-state index in [0.717, 1.165) is 24.9 Å². The first-order valence-corrected chi connectivity index (χ1v) is 8.36. The Morgan fingerprint density at radius 3 is 2.58 bits per heavy atom. The van der Waals surface area contributed by atoms with E-state index >= 15 is 0 Å². The lowest BCUT2D eigenvalue weighted by molar-refractivity contribution is -0.134. The van der Waals surface area contributed by atoms with Gasteiger partial charge < -0.3 is 16.0 Å². The highest BCUT2D eigenvalue weighted by Gasteiger charge is 2.28. The summed E-state index contributed by atoms with van der Waals surface area (Å²) in [6.07, 6.45) is 1.98. The van der Waals surface area contributed by atoms with Crippen LogP contribution in [0.4, 0.5) is 0 Å². The molecule has 2 atom stereocenters. The minimum absolute atomic E-state index is 0. The van der Waals surface area contributed by atoms with E-state index in [4.69, 9.17) is 5.73 Å². The van der Waals surface area contributed by atoms with Gasteiger partial charge in [0.25, 0.3) is 0 Å². The number of nitrogens with zero attached hydrogens (tertiary/aromatic N) is 1. The van der Waals surface area contributed by atoms with Crippen LogP contribution in [0.2, 0.25) is 0 Å². The SMILES string of the molecule is CC(C)C(=O)NCC1CCCN(C(=O)C(N)c2ccccc2)C1.Cl. The number of likely N-dealkylation sites (tertiary alicyclic amines) is 1. The van der Waals surface area contributed by atoms with Gasteiger partial charge in [-0.1, -0.05) is 44.2 Å². The number of rotatable bonds is 5. The van der Waals surface area contributed by atoms with Gasteiger partial charge in [0, 0.05) is 25.6 Å². The van der Waals surface area contributed by atoms with Crippen LogP contribution in [0.25, 0.3) is 0 Å². The Balaban J connectivity index is 0.00000288. The number of piperidine rings is 1. The van der Waals surface area contributed by atoms with Gasteiger partial charge in [0.2, 0.25) is 11.8 Å². The maximum absolute atomic E-state index is 12.6. The van der Waals surface area contributed by atoms with Crippen LogP contribution in [0, 0.1) is 11.8 Å². The summed E-state index contributed by atoms with van der Waals surface area (Å²) in [6.45, 7) is 5.79. The Bertz CT molecular complexity index is 536. The molecule has 2 rings (SSSR count). The average molecular weight is 354 g/mol. The summed E-state index contributed by atoms with van der Waals surface area (Å²) in [7, 11) is 0. The zero-order valence-corrected chi connectivity index (χ0v) is 15.2. The van der Waals surface area contributed by atoms with Gasteiger partial charge in [-0.2, -0.15) is 0 Å². The molecule has 1 aromatic rings. The van der Waals surface area contributed by atoms with Crippen LogP contribution in [0.3, 0.4) is 0 Å². The molecule has 0 saturated carbocycles. The van der Waals surface area contributed by atoms with E-state index in [1.54, 1.807) is 0 Å². The number of hydrogen-bond donors (Lipinski definition) is 2. The lowest BCUT2D eigenvalue weighted by Gasteiger charge is -2.34. The van der Waals surface area contributed by atoms with Crippen molar-refractivity contribution in [2.24, 2.45) is 17.6 Å². The van der Waals surface area contributed by atoms with Gasteiger partial charge in [-0.25, -0.2) is 0 Å². The third-order valence-corrected chi connectivity index (χ3v) is 4.34. The van der Waals surface area contributed by atoms with E-state index in [0.29, 0.717) is 19.0 Å². The quantitative estimate of drug-likeness (QED) is 0.851. The predicted molar refractivity (Wildman–Crippen MR) is 97.8 cm³/mol. The molecule has 0 bridgehead atoms. The van der Waals surface area contributed by atoms with Crippen LogP contribution in [0.5, 0.6) is 0 Å². The Hall–Kier alpha value is -1.59. The van der Waals surface area contributed by atoms with Gasteiger partial charge in [0.05, 0.1) is 0 Å². The molecule has 1 heterocycles. The number of benzene rings is 1. The molecule has 134 valence electrons. The first-order valence-electron chi connectivity index (χ1n) is 8.36. The molecular weight excluding hydrogens is 326 g/mol. The minimum atomic E-state index is -0.611. The first kappa shape index (κ1) is 20.5. The number of hydrogen-bond acceptors (Lipinski definition) is 3. The second kappa shape index (κ2) is 9.64. The molecule has 1 fully saturated rings. The van der Waals surface area contributed by atoms with Gasteiger partial charge in [0.1, 0.15) is 6.04 Å². The zero-order valence-electron chi connectivity index (χ0n) is 14.4. The van der Waals surface area contributed by atoms with E-state index in [2.05, 4.69) is 5.32 Å². The summed E-state index contributed by atoms with van der Waals surface area (Å²) in [5.41, 5.74) is 6.96. The maximum Gasteiger partial charge on any atom is 0.244 e. The van der Waals surface area contributed by atoms with E-state index in [1.807, 2.05) is 49.1 Å². The highest BCUT2D eigenvalue weighted by Crippen LogP contribution is 2.20. The third-order valence-electron chi connectivity index (χ3n) is 4.34. The molecule has 1 saturated heterocycles. The van der Waals surface area contributed by atoms with Crippen molar-refractivity contribution in [3.8, 4) is 0 Å². The average Bonchev–Trinajstić information content (AvgIpc) is 2.59. The maximum atomic E-state index is 12.6. The molecule has 5 nitrogen and oxygen atoms in total. The molecule has 1 aromatic carbocycles. The summed E-state index contributed by atoms with van der Waals surface area (Å²) >= 11 is 0.